The van der Waals surface area contributed by atoms with E-state index in [1.54, 1.807) is 23.3 Å². The van der Waals surface area contributed by atoms with E-state index >= 15 is 0 Å². The Hall–Kier alpha value is -2.67. The number of amides is 1. The number of nitrogens with one attached hydrogen (secondary N) is 1. The molecule has 7 heteroatoms. The van der Waals surface area contributed by atoms with Gasteiger partial charge >= 0.3 is 5.97 Å². The molecule has 1 aromatic carbocycles. The summed E-state index contributed by atoms with van der Waals surface area (Å²) in [5.74, 6) is -0.815. The van der Waals surface area contributed by atoms with Gasteiger partial charge in [0.2, 0.25) is 0 Å². The second kappa shape index (κ2) is 8.14. The number of esters is 1. The van der Waals surface area contributed by atoms with Gasteiger partial charge in [0, 0.05) is 24.2 Å². The van der Waals surface area contributed by atoms with Gasteiger partial charge in [-0.2, -0.15) is 0 Å². The first-order valence-electron chi connectivity index (χ1n) is 8.50. The molecule has 1 aromatic heterocycles. The minimum atomic E-state index is -0.875. The van der Waals surface area contributed by atoms with Crippen molar-refractivity contribution in [3.8, 4) is 0 Å². The highest BCUT2D eigenvalue weighted by Gasteiger charge is 2.29. The number of nitrogens with zero attached hydrogens (tertiary/aromatic N) is 2. The number of rotatable bonds is 6. The van der Waals surface area contributed by atoms with E-state index in [-0.39, 0.29) is 11.6 Å². The van der Waals surface area contributed by atoms with Gasteiger partial charge in [0.15, 0.2) is 16.9 Å². The fraction of sp³-hybridized carbons (Fsp3) is 0.316. The van der Waals surface area contributed by atoms with Crippen LogP contribution in [0.5, 0.6) is 0 Å². The molecule has 1 aliphatic rings. The third kappa shape index (κ3) is 3.94. The van der Waals surface area contributed by atoms with Crippen LogP contribution in [0.15, 0.2) is 42.3 Å². The molecule has 26 heavy (non-hydrogen) atoms. The Morgan fingerprint density at radius 3 is 3.08 bits per heavy atom. The summed E-state index contributed by atoms with van der Waals surface area (Å²) in [5, 5.41) is 5.24. The lowest BCUT2D eigenvalue weighted by Gasteiger charge is -2.31. The monoisotopic (exact) mass is 371 g/mol. The average Bonchev–Trinajstić information content (AvgIpc) is 3.14. The summed E-state index contributed by atoms with van der Waals surface area (Å²) in [5.41, 5.74) is 2.24. The maximum atomic E-state index is 12.8. The quantitative estimate of drug-likeness (QED) is 0.623. The molecule has 1 N–H and O–H groups in total. The molecule has 0 saturated heterocycles. The van der Waals surface area contributed by atoms with E-state index in [9.17, 15) is 9.59 Å². The van der Waals surface area contributed by atoms with Crippen LogP contribution in [0.2, 0.25) is 0 Å². The van der Waals surface area contributed by atoms with Crippen LogP contribution in [0.3, 0.4) is 0 Å². The van der Waals surface area contributed by atoms with Crippen molar-refractivity contribution in [2.75, 3.05) is 23.3 Å². The molecule has 0 bridgehead atoms. The van der Waals surface area contributed by atoms with Crippen LogP contribution in [0.4, 0.5) is 10.8 Å². The van der Waals surface area contributed by atoms with Crippen LogP contribution in [0.1, 0.15) is 29.4 Å². The van der Waals surface area contributed by atoms with Crippen LogP contribution in [0, 0.1) is 0 Å². The molecular formula is C19H21N3O3S. The lowest BCUT2D eigenvalue weighted by Crippen LogP contribution is -2.42. The Labute approximate surface area is 156 Å². The van der Waals surface area contributed by atoms with Gasteiger partial charge in [-0.1, -0.05) is 24.3 Å². The largest absolute Gasteiger partial charge is 0.448 e. The van der Waals surface area contributed by atoms with Crippen LogP contribution >= 0.6 is 11.3 Å². The highest BCUT2D eigenvalue weighted by Crippen LogP contribution is 2.27. The Morgan fingerprint density at radius 1 is 1.46 bits per heavy atom. The second-order valence-electron chi connectivity index (χ2n) is 5.98. The number of thiazole rings is 1. The van der Waals surface area contributed by atoms with E-state index in [0.717, 1.165) is 24.1 Å². The molecule has 1 atom stereocenters. The van der Waals surface area contributed by atoms with Crippen LogP contribution in [0.25, 0.3) is 0 Å². The molecule has 0 aliphatic carbocycles. The van der Waals surface area contributed by atoms with Gasteiger partial charge in [-0.15, -0.1) is 17.9 Å². The molecule has 0 spiro atoms. The molecule has 0 radical (unpaired) electrons. The second-order valence-corrected chi connectivity index (χ2v) is 6.84. The average molecular weight is 371 g/mol. The number of benzene rings is 1. The summed E-state index contributed by atoms with van der Waals surface area (Å²) in [6.07, 6.45) is 2.68. The van der Waals surface area contributed by atoms with Crippen LogP contribution in [-0.2, 0) is 16.0 Å². The first kappa shape index (κ1) is 18.1. The summed E-state index contributed by atoms with van der Waals surface area (Å²) in [4.78, 5) is 30.9. The number of carbonyl (C=O) groups is 2. The molecule has 1 unspecified atom stereocenters. The van der Waals surface area contributed by atoms with Crippen molar-refractivity contribution >= 4 is 34.0 Å². The minimum Gasteiger partial charge on any atom is -0.448 e. The molecule has 6 nitrogen and oxygen atoms in total. The number of hydrogen-bond donors (Lipinski definition) is 1. The van der Waals surface area contributed by atoms with E-state index in [1.165, 1.54) is 11.3 Å². The van der Waals surface area contributed by atoms with E-state index in [2.05, 4.69) is 16.9 Å². The molecule has 1 amide bonds. The van der Waals surface area contributed by atoms with Crippen LogP contribution in [-0.4, -0.2) is 36.1 Å². The third-order valence-electron chi connectivity index (χ3n) is 4.12. The molecule has 2 aromatic rings. The summed E-state index contributed by atoms with van der Waals surface area (Å²) in [6.45, 7) is 6.41. The first-order valence-corrected chi connectivity index (χ1v) is 9.38. The van der Waals surface area contributed by atoms with Crippen molar-refractivity contribution < 1.29 is 14.3 Å². The summed E-state index contributed by atoms with van der Waals surface area (Å²) in [6, 6.07) is 7.84. The van der Waals surface area contributed by atoms with Crippen LogP contribution < -0.4 is 10.2 Å². The highest BCUT2D eigenvalue weighted by molar-refractivity contribution is 7.13. The number of anilines is 2. The zero-order valence-corrected chi connectivity index (χ0v) is 15.4. The van der Waals surface area contributed by atoms with E-state index in [4.69, 9.17) is 4.74 Å². The zero-order valence-electron chi connectivity index (χ0n) is 14.6. The highest BCUT2D eigenvalue weighted by atomic mass is 32.1. The lowest BCUT2D eigenvalue weighted by molar-refractivity contribution is -0.126. The van der Waals surface area contributed by atoms with Gasteiger partial charge in [0.25, 0.3) is 5.91 Å². The summed E-state index contributed by atoms with van der Waals surface area (Å²) in [7, 11) is 0. The first-order chi connectivity index (χ1) is 12.6. The number of carbonyl (C=O) groups excluding carboxylic acids is 2. The Kier molecular flexibility index (Phi) is 5.68. The van der Waals surface area contributed by atoms with Gasteiger partial charge in [0.1, 0.15) is 0 Å². The van der Waals surface area contributed by atoms with E-state index in [0.29, 0.717) is 18.2 Å². The van der Waals surface area contributed by atoms with Gasteiger partial charge < -0.3 is 15.0 Å². The van der Waals surface area contributed by atoms with Crippen molar-refractivity contribution in [3.63, 3.8) is 0 Å². The summed E-state index contributed by atoms with van der Waals surface area (Å²) < 4.78 is 5.35. The molecule has 0 saturated carbocycles. The molecular weight excluding hydrogens is 350 g/mol. The molecule has 1 aliphatic heterocycles. The fourth-order valence-electron chi connectivity index (χ4n) is 2.86. The predicted molar refractivity (Wildman–Crippen MR) is 103 cm³/mol. The van der Waals surface area contributed by atoms with Gasteiger partial charge in [0.05, 0.1) is 0 Å². The molecule has 136 valence electrons. The number of aromatic nitrogens is 1. The Balaban J connectivity index is 1.65. The SMILES string of the molecule is C=CCNc1nc(C(=O)OC(C)C(=O)N2CCCc3ccccc32)cs1. The van der Waals surface area contributed by atoms with Crippen molar-refractivity contribution in [1.29, 1.82) is 0 Å². The number of para-hydroxylation sites is 1. The molecule has 2 heterocycles. The van der Waals surface area contributed by atoms with Crippen molar-refractivity contribution in [2.45, 2.75) is 25.9 Å². The normalized spacial score (nSPS) is 14.3. The third-order valence-corrected chi connectivity index (χ3v) is 4.92. The predicted octanol–water partition coefficient (Wildman–Crippen LogP) is 3.27. The smallest absolute Gasteiger partial charge is 0.358 e. The number of ether oxygens (including phenoxy) is 1. The summed E-state index contributed by atoms with van der Waals surface area (Å²) >= 11 is 1.31. The maximum Gasteiger partial charge on any atom is 0.358 e. The zero-order chi connectivity index (χ0) is 18.5. The van der Waals surface area contributed by atoms with Gasteiger partial charge in [-0.25, -0.2) is 9.78 Å². The minimum absolute atomic E-state index is 0.195. The van der Waals surface area contributed by atoms with Gasteiger partial charge in [-0.3, -0.25) is 4.79 Å². The molecule has 0 fully saturated rings. The lowest BCUT2D eigenvalue weighted by atomic mass is 10.0. The van der Waals surface area contributed by atoms with Crippen molar-refractivity contribution in [1.82, 2.24) is 4.98 Å². The van der Waals surface area contributed by atoms with E-state index < -0.39 is 12.1 Å². The number of fused-ring (bicyclic) bond motifs is 1. The van der Waals surface area contributed by atoms with Crippen molar-refractivity contribution in [2.24, 2.45) is 0 Å². The number of hydrogen-bond acceptors (Lipinski definition) is 6. The van der Waals surface area contributed by atoms with Gasteiger partial charge in [-0.05, 0) is 31.4 Å². The standard InChI is InChI=1S/C19H21N3O3S/c1-3-10-20-19-21-15(12-26-19)18(24)25-13(2)17(23)22-11-6-8-14-7-4-5-9-16(14)22/h3-5,7,9,12-13H,1,6,8,10-11H2,2H3,(H,20,21). The fourth-order valence-corrected chi connectivity index (χ4v) is 3.55. The Morgan fingerprint density at radius 2 is 2.27 bits per heavy atom. The Bertz CT molecular complexity index is 818. The number of aryl methyl sites for hydroxylation is 1. The topological polar surface area (TPSA) is 71.5 Å². The molecule has 3 rings (SSSR count). The van der Waals surface area contributed by atoms with E-state index in [1.807, 2.05) is 24.3 Å². The maximum absolute atomic E-state index is 12.8. The van der Waals surface area contributed by atoms with Crippen molar-refractivity contribution in [3.05, 3.63) is 53.6 Å².